The predicted octanol–water partition coefficient (Wildman–Crippen LogP) is 5.62. The number of fused-ring (bicyclic) bond motifs is 2. The lowest BCUT2D eigenvalue weighted by molar-refractivity contribution is -0.123. The summed E-state index contributed by atoms with van der Waals surface area (Å²) in [5, 5.41) is 3.30. The van der Waals surface area contributed by atoms with Gasteiger partial charge in [-0.3, -0.25) is 14.7 Å². The summed E-state index contributed by atoms with van der Waals surface area (Å²) in [5.41, 5.74) is 9.11. The van der Waals surface area contributed by atoms with E-state index in [9.17, 15) is 4.79 Å². The van der Waals surface area contributed by atoms with Crippen molar-refractivity contribution in [3.8, 4) is 0 Å². The zero-order valence-electron chi connectivity index (χ0n) is 21.7. The second-order valence-corrected chi connectivity index (χ2v) is 10.1. The molecule has 2 heterocycles. The molecule has 0 spiro atoms. The van der Waals surface area contributed by atoms with Gasteiger partial charge in [0.15, 0.2) is 0 Å². The molecule has 6 rings (SSSR count). The minimum Gasteiger partial charge on any atom is -0.352 e. The van der Waals surface area contributed by atoms with Gasteiger partial charge in [-0.15, -0.1) is 0 Å². The number of nitrogens with zero attached hydrogens (tertiary/aromatic N) is 2. The van der Waals surface area contributed by atoms with Crippen molar-refractivity contribution < 1.29 is 4.79 Å². The molecule has 4 aromatic rings. The number of aromatic nitrogens is 1. The summed E-state index contributed by atoms with van der Waals surface area (Å²) in [6.07, 6.45) is 4.65. The van der Waals surface area contributed by atoms with Crippen molar-refractivity contribution in [2.45, 2.75) is 45.2 Å². The summed E-state index contributed by atoms with van der Waals surface area (Å²) >= 11 is 0. The summed E-state index contributed by atoms with van der Waals surface area (Å²) in [5.74, 6) is 0.130. The SMILES string of the molecule is Cc1ccccc1C1c2ccccc2CCN1CC(=O)NC1Cc2ccccc2C1.Cc1ccccn1. The highest BCUT2D eigenvalue weighted by Gasteiger charge is 2.31. The van der Waals surface area contributed by atoms with Crippen LogP contribution in [0.1, 0.15) is 45.1 Å². The zero-order valence-corrected chi connectivity index (χ0v) is 21.7. The van der Waals surface area contributed by atoms with E-state index in [1.54, 1.807) is 6.20 Å². The largest absolute Gasteiger partial charge is 0.352 e. The van der Waals surface area contributed by atoms with Gasteiger partial charge in [-0.2, -0.15) is 0 Å². The van der Waals surface area contributed by atoms with Crippen LogP contribution in [0.3, 0.4) is 0 Å². The number of benzene rings is 3. The van der Waals surface area contributed by atoms with Crippen LogP contribution in [-0.4, -0.2) is 34.9 Å². The highest BCUT2D eigenvalue weighted by atomic mass is 16.2. The van der Waals surface area contributed by atoms with Crippen molar-refractivity contribution in [3.63, 3.8) is 0 Å². The molecule has 1 unspecified atom stereocenters. The zero-order chi connectivity index (χ0) is 25.6. The normalized spacial score (nSPS) is 16.8. The van der Waals surface area contributed by atoms with E-state index in [4.69, 9.17) is 0 Å². The monoisotopic (exact) mass is 489 g/mol. The summed E-state index contributed by atoms with van der Waals surface area (Å²) in [6, 6.07) is 32.0. The van der Waals surface area contributed by atoms with Crippen LogP contribution in [0.15, 0.2) is 97.2 Å². The van der Waals surface area contributed by atoms with Crippen LogP contribution >= 0.6 is 0 Å². The maximum atomic E-state index is 13.0. The van der Waals surface area contributed by atoms with E-state index in [1.165, 1.54) is 33.4 Å². The van der Waals surface area contributed by atoms with Crippen molar-refractivity contribution in [2.24, 2.45) is 0 Å². The third-order valence-electron chi connectivity index (χ3n) is 7.44. The predicted molar refractivity (Wildman–Crippen MR) is 149 cm³/mol. The minimum atomic E-state index is 0.127. The van der Waals surface area contributed by atoms with Crippen molar-refractivity contribution in [1.29, 1.82) is 0 Å². The van der Waals surface area contributed by atoms with E-state index >= 15 is 0 Å². The summed E-state index contributed by atoms with van der Waals surface area (Å²) < 4.78 is 0. The summed E-state index contributed by atoms with van der Waals surface area (Å²) in [4.78, 5) is 19.4. The quantitative estimate of drug-likeness (QED) is 0.405. The Labute approximate surface area is 220 Å². The Balaban J connectivity index is 0.000000348. The van der Waals surface area contributed by atoms with Gasteiger partial charge in [0, 0.05) is 24.5 Å². The Bertz CT molecular complexity index is 1330. The number of pyridine rings is 1. The third kappa shape index (κ3) is 5.98. The second kappa shape index (κ2) is 11.5. The van der Waals surface area contributed by atoms with E-state index in [0.29, 0.717) is 6.54 Å². The molecule has 4 heteroatoms. The Morgan fingerprint density at radius 1 is 0.811 bits per heavy atom. The molecule has 1 N–H and O–H groups in total. The molecule has 2 aliphatic rings. The molecule has 0 bridgehead atoms. The van der Waals surface area contributed by atoms with Crippen LogP contribution in [0, 0.1) is 13.8 Å². The van der Waals surface area contributed by atoms with Crippen LogP contribution in [0.25, 0.3) is 0 Å². The number of carbonyl (C=O) groups excluding carboxylic acids is 1. The molecular weight excluding hydrogens is 454 g/mol. The van der Waals surface area contributed by atoms with Crippen molar-refractivity contribution in [1.82, 2.24) is 15.2 Å². The lowest BCUT2D eigenvalue weighted by Crippen LogP contribution is -2.46. The van der Waals surface area contributed by atoms with Crippen LogP contribution in [0.2, 0.25) is 0 Å². The molecule has 1 amide bonds. The molecule has 1 aromatic heterocycles. The van der Waals surface area contributed by atoms with E-state index in [1.807, 2.05) is 25.1 Å². The molecule has 0 radical (unpaired) electrons. The standard InChI is InChI=1S/C27H28N2O.C6H7N/c1-19-8-2-6-12-24(19)27-25-13-7-5-9-20(25)14-15-29(27)18-26(30)28-23-16-21-10-3-4-11-22(21)17-23;1-6-4-2-3-5-7-6/h2-13,23,27H,14-18H2,1H3,(H,28,30);2-5H,1H3. The van der Waals surface area contributed by atoms with Crippen LogP contribution in [0.4, 0.5) is 0 Å². The number of hydrogen-bond donors (Lipinski definition) is 1. The van der Waals surface area contributed by atoms with Gasteiger partial charge < -0.3 is 5.32 Å². The number of rotatable bonds is 4. The number of aryl methyl sites for hydroxylation is 2. The first-order chi connectivity index (χ1) is 18.1. The fraction of sp³-hybridized carbons (Fsp3) is 0.273. The van der Waals surface area contributed by atoms with Crippen LogP contribution in [-0.2, 0) is 24.1 Å². The highest BCUT2D eigenvalue weighted by molar-refractivity contribution is 5.78. The van der Waals surface area contributed by atoms with Crippen molar-refractivity contribution >= 4 is 5.91 Å². The smallest absolute Gasteiger partial charge is 0.234 e. The van der Waals surface area contributed by atoms with Gasteiger partial charge in [-0.25, -0.2) is 0 Å². The van der Waals surface area contributed by atoms with Gasteiger partial charge in [-0.05, 0) is 78.6 Å². The molecule has 1 aliphatic carbocycles. The Morgan fingerprint density at radius 2 is 1.43 bits per heavy atom. The Morgan fingerprint density at radius 3 is 2.05 bits per heavy atom. The molecule has 1 aliphatic heterocycles. The molecule has 0 fully saturated rings. The topological polar surface area (TPSA) is 45.2 Å². The summed E-state index contributed by atoms with van der Waals surface area (Å²) in [6.45, 7) is 5.47. The molecule has 3 aromatic carbocycles. The number of carbonyl (C=O) groups is 1. The maximum absolute atomic E-state index is 13.0. The third-order valence-corrected chi connectivity index (χ3v) is 7.44. The van der Waals surface area contributed by atoms with Gasteiger partial charge in [-0.1, -0.05) is 78.9 Å². The lowest BCUT2D eigenvalue weighted by atomic mass is 9.86. The van der Waals surface area contributed by atoms with E-state index in [0.717, 1.165) is 31.5 Å². The summed E-state index contributed by atoms with van der Waals surface area (Å²) in [7, 11) is 0. The molecule has 0 saturated heterocycles. The number of hydrogen-bond acceptors (Lipinski definition) is 3. The average molecular weight is 490 g/mol. The fourth-order valence-electron chi connectivity index (χ4n) is 5.61. The fourth-order valence-corrected chi connectivity index (χ4v) is 5.61. The van der Waals surface area contributed by atoms with Crippen LogP contribution in [0.5, 0.6) is 0 Å². The lowest BCUT2D eigenvalue weighted by Gasteiger charge is -2.38. The molecule has 37 heavy (non-hydrogen) atoms. The van der Waals surface area contributed by atoms with E-state index < -0.39 is 0 Å². The molecule has 1 atom stereocenters. The highest BCUT2D eigenvalue weighted by Crippen LogP contribution is 2.36. The maximum Gasteiger partial charge on any atom is 0.234 e. The first-order valence-electron chi connectivity index (χ1n) is 13.2. The van der Waals surface area contributed by atoms with Gasteiger partial charge in [0.05, 0.1) is 12.6 Å². The van der Waals surface area contributed by atoms with Crippen molar-refractivity contribution in [2.75, 3.05) is 13.1 Å². The van der Waals surface area contributed by atoms with Crippen LogP contribution < -0.4 is 5.32 Å². The van der Waals surface area contributed by atoms with Gasteiger partial charge >= 0.3 is 0 Å². The first-order valence-corrected chi connectivity index (χ1v) is 13.2. The molecule has 0 saturated carbocycles. The van der Waals surface area contributed by atoms with Gasteiger partial charge in [0.1, 0.15) is 0 Å². The van der Waals surface area contributed by atoms with E-state index in [2.05, 4.69) is 94.9 Å². The number of nitrogens with one attached hydrogen (secondary N) is 1. The molecular formula is C33H35N3O. The van der Waals surface area contributed by atoms with Gasteiger partial charge in [0.25, 0.3) is 0 Å². The first kappa shape index (κ1) is 24.9. The Hall–Kier alpha value is -3.76. The minimum absolute atomic E-state index is 0.127. The number of amides is 1. The van der Waals surface area contributed by atoms with E-state index in [-0.39, 0.29) is 18.0 Å². The molecule has 4 nitrogen and oxygen atoms in total. The van der Waals surface area contributed by atoms with Crippen molar-refractivity contribution in [3.05, 3.63) is 136 Å². The molecule has 188 valence electrons. The average Bonchev–Trinajstić information content (AvgIpc) is 3.32. The second-order valence-electron chi connectivity index (χ2n) is 10.1. The Kier molecular flexibility index (Phi) is 7.76. The van der Waals surface area contributed by atoms with Gasteiger partial charge in [0.2, 0.25) is 5.91 Å².